The van der Waals surface area contributed by atoms with Crippen molar-refractivity contribution in [3.8, 4) is 0 Å². The molecule has 2 aromatic rings. The molecule has 4 aliphatic rings. The summed E-state index contributed by atoms with van der Waals surface area (Å²) < 4.78 is 12.1. The Hall–Kier alpha value is -2.64. The number of fused-ring (bicyclic) bond motifs is 4. The average molecular weight is 568 g/mol. The molecule has 4 aliphatic heterocycles. The Labute approximate surface area is 239 Å². The molecule has 204 valence electrons. The van der Waals surface area contributed by atoms with Gasteiger partial charge in [-0.15, -0.1) is 0 Å². The van der Waals surface area contributed by atoms with Crippen molar-refractivity contribution in [2.75, 3.05) is 14.1 Å². The molecule has 0 radical (unpaired) electrons. The molecular weight excluding hydrogens is 535 g/mol. The summed E-state index contributed by atoms with van der Waals surface area (Å²) in [4.78, 5) is 30.5. The van der Waals surface area contributed by atoms with E-state index in [1.807, 2.05) is 74.8 Å². The highest BCUT2D eigenvalue weighted by Gasteiger charge is 2.51. The van der Waals surface area contributed by atoms with Crippen LogP contribution in [-0.4, -0.2) is 59.4 Å². The third kappa shape index (κ3) is 4.93. The van der Waals surface area contributed by atoms with E-state index in [1.165, 1.54) is 0 Å². The van der Waals surface area contributed by atoms with E-state index >= 15 is 0 Å². The van der Waals surface area contributed by atoms with E-state index in [0.29, 0.717) is 22.9 Å². The lowest BCUT2D eigenvalue weighted by Gasteiger charge is -2.41. The summed E-state index contributed by atoms with van der Waals surface area (Å²) in [6.07, 6.45) is 8.59. The quantitative estimate of drug-likeness (QED) is 0.301. The van der Waals surface area contributed by atoms with Crippen molar-refractivity contribution in [2.45, 2.75) is 68.5 Å². The van der Waals surface area contributed by atoms with Gasteiger partial charge in [0.1, 0.15) is 6.42 Å². The van der Waals surface area contributed by atoms with Gasteiger partial charge in [-0.25, -0.2) is 0 Å². The first-order valence-corrected chi connectivity index (χ1v) is 14.3. The number of carbonyl (C=O) groups excluding carboxylic acids is 2. The van der Waals surface area contributed by atoms with E-state index in [9.17, 15) is 9.59 Å². The summed E-state index contributed by atoms with van der Waals surface area (Å²) in [5, 5.41) is 1.36. The van der Waals surface area contributed by atoms with Gasteiger partial charge >= 0.3 is 11.9 Å². The number of rotatable bonds is 6. The highest BCUT2D eigenvalue weighted by atomic mass is 35.5. The molecule has 6 nitrogen and oxygen atoms in total. The molecule has 0 saturated carbocycles. The predicted octanol–water partition coefficient (Wildman–Crippen LogP) is 6.33. The fourth-order valence-corrected chi connectivity index (χ4v) is 6.97. The smallest absolute Gasteiger partial charge is 0.319 e. The van der Waals surface area contributed by atoms with Crippen LogP contribution in [0.5, 0.6) is 0 Å². The molecule has 8 heteroatoms. The molecule has 0 amide bonds. The largest absolute Gasteiger partial charge is 0.440 e. The van der Waals surface area contributed by atoms with Crippen molar-refractivity contribution in [1.82, 2.24) is 9.80 Å². The second-order valence-corrected chi connectivity index (χ2v) is 12.1. The summed E-state index contributed by atoms with van der Waals surface area (Å²) in [6, 6.07) is 16.0. The van der Waals surface area contributed by atoms with Crippen LogP contribution in [0.3, 0.4) is 0 Å². The molecule has 0 aliphatic carbocycles. The number of nitrogens with zero attached hydrogens (tertiary/aromatic N) is 2. The lowest BCUT2D eigenvalue weighted by Crippen LogP contribution is -2.50. The summed E-state index contributed by atoms with van der Waals surface area (Å²) in [7, 11) is 3.96. The Bertz CT molecular complexity index is 1250. The monoisotopic (exact) mass is 566 g/mol. The van der Waals surface area contributed by atoms with Crippen molar-refractivity contribution in [2.24, 2.45) is 0 Å². The standard InChI is InChI=1S/C31H32Cl2N2O4/c1-34-26-11-13-30(34,18-22(15-26)20-3-7-24(32)8-4-20)38-28(36)17-29(37)39-31-14-12-27(35(31)2)16-23(19-31)21-5-9-25(33)10-6-21/h3-10,18-19,26-27H,11-17H2,1-2H3. The Morgan fingerprint density at radius 3 is 1.51 bits per heavy atom. The van der Waals surface area contributed by atoms with Gasteiger partial charge in [0.2, 0.25) is 0 Å². The van der Waals surface area contributed by atoms with Gasteiger partial charge in [-0.05, 0) is 98.5 Å². The number of esters is 2. The minimum Gasteiger partial charge on any atom is -0.440 e. The first-order chi connectivity index (χ1) is 18.7. The van der Waals surface area contributed by atoms with Gasteiger partial charge in [0, 0.05) is 35.0 Å². The van der Waals surface area contributed by atoms with Gasteiger partial charge in [0.05, 0.1) is 0 Å². The minimum atomic E-state index is -0.866. The molecule has 2 aromatic carbocycles. The molecule has 4 unspecified atom stereocenters. The fourth-order valence-electron chi connectivity index (χ4n) is 6.72. The number of halogens is 2. The molecule has 2 fully saturated rings. The number of carbonyl (C=O) groups is 2. The maximum atomic E-state index is 13.1. The number of ether oxygens (including phenoxy) is 2. The Morgan fingerprint density at radius 2 is 1.13 bits per heavy atom. The van der Waals surface area contributed by atoms with Crippen LogP contribution < -0.4 is 0 Å². The van der Waals surface area contributed by atoms with E-state index < -0.39 is 29.8 Å². The van der Waals surface area contributed by atoms with Crippen molar-refractivity contribution < 1.29 is 19.1 Å². The topological polar surface area (TPSA) is 59.1 Å². The second kappa shape index (κ2) is 10.1. The van der Waals surface area contributed by atoms with Crippen LogP contribution in [0.2, 0.25) is 10.0 Å². The van der Waals surface area contributed by atoms with E-state index in [2.05, 4.69) is 9.80 Å². The van der Waals surface area contributed by atoms with Crippen LogP contribution in [0.1, 0.15) is 56.1 Å². The third-order valence-corrected chi connectivity index (χ3v) is 9.48. The van der Waals surface area contributed by atoms with Crippen LogP contribution >= 0.6 is 23.2 Å². The van der Waals surface area contributed by atoms with Crippen LogP contribution in [0.15, 0.2) is 60.7 Å². The van der Waals surface area contributed by atoms with Crippen molar-refractivity contribution >= 4 is 46.3 Å². The molecule has 39 heavy (non-hydrogen) atoms. The molecule has 0 aromatic heterocycles. The first kappa shape index (κ1) is 26.6. The lowest BCUT2D eigenvalue weighted by atomic mass is 9.94. The van der Waals surface area contributed by atoms with Crippen molar-refractivity contribution in [3.05, 3.63) is 81.9 Å². The van der Waals surface area contributed by atoms with Crippen molar-refractivity contribution in [3.63, 3.8) is 0 Å². The molecule has 6 rings (SSSR count). The summed E-state index contributed by atoms with van der Waals surface area (Å²) >= 11 is 12.2. The maximum Gasteiger partial charge on any atom is 0.319 e. The van der Waals surface area contributed by atoms with E-state index in [1.54, 1.807) is 0 Å². The number of hydrogen-bond donors (Lipinski definition) is 0. The molecule has 4 bridgehead atoms. The van der Waals surface area contributed by atoms with Crippen molar-refractivity contribution in [1.29, 1.82) is 0 Å². The van der Waals surface area contributed by atoms with Crippen LogP contribution in [-0.2, 0) is 19.1 Å². The van der Waals surface area contributed by atoms with E-state index in [0.717, 1.165) is 48.0 Å². The molecule has 0 spiro atoms. The van der Waals surface area contributed by atoms with E-state index in [4.69, 9.17) is 32.7 Å². The Balaban J connectivity index is 1.17. The zero-order valence-corrected chi connectivity index (χ0v) is 23.7. The molecular formula is C31H32Cl2N2O4. The summed E-state index contributed by atoms with van der Waals surface area (Å²) in [5.74, 6) is -1.15. The number of likely N-dealkylation sites (N-methyl/N-ethyl adjacent to an activating group) is 2. The maximum absolute atomic E-state index is 13.1. The third-order valence-electron chi connectivity index (χ3n) is 8.97. The average Bonchev–Trinajstić information content (AvgIpc) is 3.17. The highest BCUT2D eigenvalue weighted by Crippen LogP contribution is 2.47. The highest BCUT2D eigenvalue weighted by molar-refractivity contribution is 6.30. The Kier molecular flexibility index (Phi) is 6.87. The van der Waals surface area contributed by atoms with E-state index in [-0.39, 0.29) is 12.1 Å². The van der Waals surface area contributed by atoms with Gasteiger partial charge in [-0.2, -0.15) is 0 Å². The van der Waals surface area contributed by atoms with Crippen LogP contribution in [0.25, 0.3) is 11.1 Å². The number of benzene rings is 2. The SMILES string of the molecule is CN1C2CCC1(OC(=O)CC(=O)OC13C=C(c4ccc(Cl)cc4)CC(CC1)N3C)C=C(c1ccc(Cl)cc1)C2. The predicted molar refractivity (Wildman–Crippen MR) is 152 cm³/mol. The van der Waals surface area contributed by atoms with Gasteiger partial charge in [-0.1, -0.05) is 47.5 Å². The van der Waals surface area contributed by atoms with Gasteiger partial charge in [0.25, 0.3) is 0 Å². The van der Waals surface area contributed by atoms with Crippen LogP contribution in [0, 0.1) is 0 Å². The number of hydrogen-bond acceptors (Lipinski definition) is 6. The zero-order chi connectivity index (χ0) is 27.4. The molecule has 4 atom stereocenters. The van der Waals surface area contributed by atoms with Gasteiger partial charge in [0.15, 0.2) is 11.4 Å². The first-order valence-electron chi connectivity index (χ1n) is 13.5. The zero-order valence-electron chi connectivity index (χ0n) is 22.2. The van der Waals surface area contributed by atoms with Gasteiger partial charge < -0.3 is 9.47 Å². The summed E-state index contributed by atoms with van der Waals surface area (Å²) in [5.41, 5.74) is 2.66. The fraction of sp³-hybridized carbons (Fsp3) is 0.419. The molecule has 2 saturated heterocycles. The molecule has 4 heterocycles. The second-order valence-electron chi connectivity index (χ2n) is 11.2. The van der Waals surface area contributed by atoms with Gasteiger partial charge in [-0.3, -0.25) is 19.4 Å². The lowest BCUT2D eigenvalue weighted by molar-refractivity contribution is -0.180. The molecule has 0 N–H and O–H groups in total. The minimum absolute atomic E-state index is 0.266. The summed E-state index contributed by atoms with van der Waals surface area (Å²) in [6.45, 7) is 0. The Morgan fingerprint density at radius 1 is 0.744 bits per heavy atom. The normalized spacial score (nSPS) is 30.1. The van der Waals surface area contributed by atoms with Crippen LogP contribution in [0.4, 0.5) is 0 Å².